The Kier molecular flexibility index (Phi) is 5.96. The highest BCUT2D eigenvalue weighted by Gasteiger charge is 2.51. The van der Waals surface area contributed by atoms with E-state index in [0.29, 0.717) is 19.0 Å². The number of pyridine rings is 1. The van der Waals surface area contributed by atoms with Gasteiger partial charge in [0.05, 0.1) is 30.0 Å². The van der Waals surface area contributed by atoms with Crippen LogP contribution in [0.25, 0.3) is 22.0 Å². The predicted molar refractivity (Wildman–Crippen MR) is 142 cm³/mol. The third-order valence-corrected chi connectivity index (χ3v) is 7.98. The van der Waals surface area contributed by atoms with Gasteiger partial charge in [0.25, 0.3) is 0 Å². The molecule has 3 aromatic rings. The van der Waals surface area contributed by atoms with Crippen molar-refractivity contribution in [3.63, 3.8) is 0 Å². The van der Waals surface area contributed by atoms with E-state index < -0.39 is 0 Å². The Morgan fingerprint density at radius 1 is 1.09 bits per heavy atom. The molecule has 1 unspecified atom stereocenters. The van der Waals surface area contributed by atoms with Gasteiger partial charge in [-0.15, -0.1) is 0 Å². The number of benzene rings is 2. The number of aryl methyl sites for hydroxylation is 1. The zero-order valence-corrected chi connectivity index (χ0v) is 21.3. The summed E-state index contributed by atoms with van der Waals surface area (Å²) in [5.41, 5.74) is 12.5. The number of carbonyl (C=O) groups is 1. The van der Waals surface area contributed by atoms with Gasteiger partial charge in [0.1, 0.15) is 5.82 Å². The molecule has 6 nitrogen and oxygen atoms in total. The Morgan fingerprint density at radius 2 is 1.86 bits per heavy atom. The molecule has 2 saturated heterocycles. The molecule has 2 fully saturated rings. The molecule has 0 aliphatic carbocycles. The maximum absolute atomic E-state index is 12.3. The molecule has 5 rings (SSSR count). The smallest absolute Gasteiger partial charge is 0.210 e. The van der Waals surface area contributed by atoms with Gasteiger partial charge >= 0.3 is 0 Å². The molecule has 3 heterocycles. The molecule has 6 heteroatoms. The topological polar surface area (TPSA) is 71.7 Å². The van der Waals surface area contributed by atoms with Gasteiger partial charge in [0, 0.05) is 25.0 Å². The molecule has 0 saturated carbocycles. The van der Waals surface area contributed by atoms with Crippen molar-refractivity contribution in [1.29, 1.82) is 0 Å². The van der Waals surface area contributed by atoms with E-state index in [0.717, 1.165) is 61.0 Å². The number of likely N-dealkylation sites (tertiary alicyclic amines) is 1. The number of anilines is 2. The van der Waals surface area contributed by atoms with Crippen molar-refractivity contribution in [2.24, 2.45) is 5.41 Å². The van der Waals surface area contributed by atoms with Crippen molar-refractivity contribution in [3.05, 3.63) is 53.6 Å². The minimum atomic E-state index is -0.358. The number of rotatable bonds is 4. The molecule has 1 atom stereocenters. The normalized spacial score (nSPS) is 21.0. The molecule has 184 valence electrons. The van der Waals surface area contributed by atoms with Gasteiger partial charge in [0.15, 0.2) is 0 Å². The number of nitrogens with zero attached hydrogens (tertiary/aromatic N) is 3. The van der Waals surface area contributed by atoms with Crippen molar-refractivity contribution >= 4 is 28.8 Å². The summed E-state index contributed by atoms with van der Waals surface area (Å²) < 4.78 is 5.52. The van der Waals surface area contributed by atoms with E-state index in [9.17, 15) is 4.79 Å². The first-order chi connectivity index (χ1) is 16.8. The van der Waals surface area contributed by atoms with Gasteiger partial charge in [-0.3, -0.25) is 4.79 Å². The fourth-order valence-electron chi connectivity index (χ4n) is 6.27. The number of nitrogens with two attached hydrogens (primary N) is 1. The summed E-state index contributed by atoms with van der Waals surface area (Å²) in [5.74, 6) is 0.558. The van der Waals surface area contributed by atoms with Crippen LogP contribution in [0, 0.1) is 12.3 Å². The third kappa shape index (κ3) is 3.84. The average molecular weight is 473 g/mol. The van der Waals surface area contributed by atoms with Gasteiger partial charge in [0.2, 0.25) is 6.41 Å². The number of nitrogen functional groups attached to an aromatic ring is 1. The first-order valence-corrected chi connectivity index (χ1v) is 12.6. The molecule has 0 radical (unpaired) electrons. The summed E-state index contributed by atoms with van der Waals surface area (Å²) in [6.07, 6.45) is 3.01. The van der Waals surface area contributed by atoms with Crippen LogP contribution in [0.15, 0.2) is 42.5 Å². The molecule has 1 aromatic heterocycles. The van der Waals surface area contributed by atoms with E-state index in [1.54, 1.807) is 0 Å². The Bertz CT molecular complexity index is 1260. The molecule has 2 aliphatic rings. The molecular formula is C29H36N4O2. The summed E-state index contributed by atoms with van der Waals surface area (Å²) in [6.45, 7) is 12.7. The van der Waals surface area contributed by atoms with E-state index in [2.05, 4.69) is 75.1 Å². The molecule has 35 heavy (non-hydrogen) atoms. The average Bonchev–Trinajstić information content (AvgIpc) is 3.29. The Balaban J connectivity index is 1.69. The van der Waals surface area contributed by atoms with Crippen LogP contribution in [0.3, 0.4) is 0 Å². The zero-order chi connectivity index (χ0) is 24.8. The highest BCUT2D eigenvalue weighted by Crippen LogP contribution is 2.53. The summed E-state index contributed by atoms with van der Waals surface area (Å²) in [5, 5.41) is 1.07. The van der Waals surface area contributed by atoms with E-state index in [-0.39, 0.29) is 11.0 Å². The lowest BCUT2D eigenvalue weighted by atomic mass is 9.65. The van der Waals surface area contributed by atoms with Gasteiger partial charge < -0.3 is 20.3 Å². The maximum Gasteiger partial charge on any atom is 0.210 e. The monoisotopic (exact) mass is 472 g/mol. The quantitative estimate of drug-likeness (QED) is 0.534. The molecule has 2 N–H and O–H groups in total. The van der Waals surface area contributed by atoms with Crippen LogP contribution in [-0.4, -0.2) is 49.1 Å². The zero-order valence-electron chi connectivity index (χ0n) is 21.3. The second-order valence-electron chi connectivity index (χ2n) is 10.9. The minimum absolute atomic E-state index is 0.122. The van der Waals surface area contributed by atoms with Crippen molar-refractivity contribution in [2.75, 3.05) is 43.5 Å². The van der Waals surface area contributed by atoms with Crippen molar-refractivity contribution in [2.45, 2.75) is 46.1 Å². The van der Waals surface area contributed by atoms with Crippen LogP contribution >= 0.6 is 0 Å². The largest absolute Gasteiger partial charge is 0.382 e. The van der Waals surface area contributed by atoms with E-state index in [1.165, 1.54) is 16.7 Å². The SMILES string of the molecule is Cc1cccc(C2(C(C)(C)C)CCCN2C=O)c1-c1ccc2nc(N)c(N3CCOCC3)cc2c1. The highest BCUT2D eigenvalue weighted by molar-refractivity contribution is 5.91. The number of aromatic nitrogens is 1. The van der Waals surface area contributed by atoms with Crippen molar-refractivity contribution < 1.29 is 9.53 Å². The maximum atomic E-state index is 12.3. The van der Waals surface area contributed by atoms with E-state index in [1.807, 2.05) is 4.90 Å². The number of ether oxygens (including phenoxy) is 1. The summed E-state index contributed by atoms with van der Waals surface area (Å²) in [6, 6.07) is 15.1. The Labute approximate surface area is 208 Å². The summed E-state index contributed by atoms with van der Waals surface area (Å²) in [7, 11) is 0. The standard InChI is InChI=1S/C29H36N4O2/c1-20-7-5-8-23(29(28(2,3)4)11-6-12-33(29)19-34)26(20)21-9-10-24-22(17-21)18-25(27(30)31-24)32-13-15-35-16-14-32/h5,7-10,17-19H,6,11-16H2,1-4H3,(H2,30,31). The second kappa shape index (κ2) is 8.83. The lowest BCUT2D eigenvalue weighted by Crippen LogP contribution is -2.50. The first-order valence-electron chi connectivity index (χ1n) is 12.6. The Morgan fingerprint density at radius 3 is 2.57 bits per heavy atom. The predicted octanol–water partition coefficient (Wildman–Crippen LogP) is 5.12. The molecule has 0 spiro atoms. The number of amides is 1. The van der Waals surface area contributed by atoms with Crippen LogP contribution in [0.4, 0.5) is 11.5 Å². The number of hydrogen-bond acceptors (Lipinski definition) is 5. The summed E-state index contributed by atoms with van der Waals surface area (Å²) in [4.78, 5) is 21.3. The number of carbonyl (C=O) groups excluding carboxylic acids is 1. The van der Waals surface area contributed by atoms with Gasteiger partial charge in [-0.05, 0) is 65.6 Å². The van der Waals surface area contributed by atoms with Crippen molar-refractivity contribution in [1.82, 2.24) is 9.88 Å². The third-order valence-electron chi connectivity index (χ3n) is 7.98. The molecule has 2 aliphatic heterocycles. The lowest BCUT2D eigenvalue weighted by molar-refractivity contribution is -0.126. The van der Waals surface area contributed by atoms with E-state index in [4.69, 9.17) is 15.5 Å². The van der Waals surface area contributed by atoms with Crippen LogP contribution in [0.2, 0.25) is 0 Å². The molecule has 0 bridgehead atoms. The van der Waals surface area contributed by atoms with Crippen LogP contribution in [-0.2, 0) is 15.1 Å². The minimum Gasteiger partial charge on any atom is -0.382 e. The lowest BCUT2D eigenvalue weighted by Gasteiger charge is -2.48. The number of hydrogen-bond donors (Lipinski definition) is 1. The van der Waals surface area contributed by atoms with Crippen molar-refractivity contribution in [3.8, 4) is 11.1 Å². The highest BCUT2D eigenvalue weighted by atomic mass is 16.5. The fraction of sp³-hybridized carbons (Fsp3) is 0.448. The van der Waals surface area contributed by atoms with Gasteiger partial charge in [-0.2, -0.15) is 0 Å². The van der Waals surface area contributed by atoms with Gasteiger partial charge in [-0.1, -0.05) is 45.0 Å². The van der Waals surface area contributed by atoms with Crippen LogP contribution in [0.1, 0.15) is 44.7 Å². The second-order valence-corrected chi connectivity index (χ2v) is 10.9. The molecule has 1 amide bonds. The van der Waals surface area contributed by atoms with Crippen LogP contribution < -0.4 is 10.6 Å². The molecular weight excluding hydrogens is 436 g/mol. The Hall–Kier alpha value is -3.12. The van der Waals surface area contributed by atoms with E-state index >= 15 is 0 Å². The fourth-order valence-corrected chi connectivity index (χ4v) is 6.27. The van der Waals surface area contributed by atoms with Gasteiger partial charge in [-0.25, -0.2) is 4.98 Å². The summed E-state index contributed by atoms with van der Waals surface area (Å²) >= 11 is 0. The van der Waals surface area contributed by atoms with Crippen LogP contribution in [0.5, 0.6) is 0 Å². The molecule has 2 aromatic carbocycles. The number of fused-ring (bicyclic) bond motifs is 1. The number of morpholine rings is 1. The first kappa shape index (κ1) is 23.6.